The van der Waals surface area contributed by atoms with E-state index in [2.05, 4.69) is 32.2 Å². The Morgan fingerprint density at radius 3 is 2.34 bits per heavy atom. The lowest BCUT2D eigenvalue weighted by molar-refractivity contribution is -0.116. The van der Waals surface area contributed by atoms with Crippen molar-refractivity contribution in [2.75, 3.05) is 62.4 Å². The van der Waals surface area contributed by atoms with E-state index in [0.29, 0.717) is 60.7 Å². The summed E-state index contributed by atoms with van der Waals surface area (Å²) in [5.74, 6) is 1.61. The van der Waals surface area contributed by atoms with Crippen LogP contribution in [-0.2, 0) is 9.53 Å². The third-order valence-corrected chi connectivity index (χ3v) is 6.32. The van der Waals surface area contributed by atoms with Gasteiger partial charge in [0.15, 0.2) is 11.5 Å². The quantitative estimate of drug-likeness (QED) is 0.431. The van der Waals surface area contributed by atoms with Gasteiger partial charge in [0.1, 0.15) is 5.82 Å². The number of benzene rings is 1. The van der Waals surface area contributed by atoms with E-state index in [1.54, 1.807) is 24.7 Å². The molecular weight excluding hydrogens is 486 g/mol. The van der Waals surface area contributed by atoms with E-state index in [1.807, 2.05) is 29.2 Å². The first-order valence-corrected chi connectivity index (χ1v) is 12.7. The lowest BCUT2D eigenvalue weighted by Crippen LogP contribution is -2.40. The second-order valence-electron chi connectivity index (χ2n) is 9.19. The average Bonchev–Trinajstić information content (AvgIpc) is 3.34. The van der Waals surface area contributed by atoms with Crippen LogP contribution in [0.1, 0.15) is 36.5 Å². The first-order chi connectivity index (χ1) is 18.4. The van der Waals surface area contributed by atoms with Gasteiger partial charge in [0.05, 0.1) is 19.4 Å². The summed E-state index contributed by atoms with van der Waals surface area (Å²) in [6.07, 6.45) is 5.07. The van der Waals surface area contributed by atoms with Crippen LogP contribution in [0.4, 0.5) is 23.3 Å². The molecule has 2 fully saturated rings. The smallest absolute Gasteiger partial charge is 0.254 e. The minimum atomic E-state index is -0.0972. The van der Waals surface area contributed by atoms with Crippen molar-refractivity contribution in [1.29, 1.82) is 0 Å². The zero-order chi connectivity index (χ0) is 27.1. The molecule has 0 unspecified atom stereocenters. The number of imidazole rings is 1. The van der Waals surface area contributed by atoms with Crippen LogP contribution in [0.25, 0.3) is 5.65 Å². The number of hydrogen-bond acceptors (Lipinski definition) is 9. The fourth-order valence-corrected chi connectivity index (χ4v) is 4.19. The van der Waals surface area contributed by atoms with Gasteiger partial charge in [-0.05, 0) is 50.5 Å². The van der Waals surface area contributed by atoms with Crippen LogP contribution in [-0.4, -0.2) is 82.7 Å². The van der Waals surface area contributed by atoms with Gasteiger partial charge in [-0.2, -0.15) is 9.50 Å². The van der Waals surface area contributed by atoms with Gasteiger partial charge in [0.25, 0.3) is 5.91 Å². The van der Waals surface area contributed by atoms with Gasteiger partial charge in [0.2, 0.25) is 11.9 Å². The molecule has 2 aromatic heterocycles. The average molecular weight is 522 g/mol. The SMILES string of the molecule is C=C(C)C(=O)NC.Nc1cnc2c(Nc3ccc(C(=O)N4CCOCC4)cc3)nc(N3CCCCC3)nn12. The van der Waals surface area contributed by atoms with E-state index in [9.17, 15) is 9.59 Å². The molecule has 2 amide bonds. The number of nitrogen functional groups attached to an aromatic ring is 1. The summed E-state index contributed by atoms with van der Waals surface area (Å²) in [4.78, 5) is 36.1. The van der Waals surface area contributed by atoms with Crippen LogP contribution >= 0.6 is 0 Å². The highest BCUT2D eigenvalue weighted by Crippen LogP contribution is 2.25. The van der Waals surface area contributed by atoms with Crippen molar-refractivity contribution in [3.63, 3.8) is 0 Å². The molecule has 0 atom stereocenters. The van der Waals surface area contributed by atoms with Crippen LogP contribution in [0.3, 0.4) is 0 Å². The Balaban J connectivity index is 0.000000426. The van der Waals surface area contributed by atoms with E-state index in [4.69, 9.17) is 15.5 Å². The van der Waals surface area contributed by atoms with Crippen molar-refractivity contribution >= 4 is 40.7 Å². The van der Waals surface area contributed by atoms with Gasteiger partial charge in [-0.25, -0.2) is 4.98 Å². The van der Waals surface area contributed by atoms with Crippen molar-refractivity contribution in [3.05, 3.63) is 48.2 Å². The van der Waals surface area contributed by atoms with E-state index in [0.717, 1.165) is 31.6 Å². The van der Waals surface area contributed by atoms with Crippen molar-refractivity contribution in [1.82, 2.24) is 29.8 Å². The van der Waals surface area contributed by atoms with E-state index >= 15 is 0 Å². The summed E-state index contributed by atoms with van der Waals surface area (Å²) < 4.78 is 6.95. The lowest BCUT2D eigenvalue weighted by Gasteiger charge is -2.27. The number of piperidine rings is 1. The standard InChI is InChI=1S/C21H26N8O2.C5H9NO/c22-17-14-23-19-18(25-21(26-29(17)19)28-8-2-1-3-9-28)24-16-6-4-15(5-7-16)20(30)27-10-12-31-13-11-27;1-4(2)5(7)6-3/h4-7,14H,1-3,8-13,22H2,(H,24,25,26);1H2,2-3H3,(H,6,7). The van der Waals surface area contributed by atoms with Gasteiger partial charge in [-0.1, -0.05) is 6.58 Å². The van der Waals surface area contributed by atoms with E-state index in [-0.39, 0.29) is 11.8 Å². The molecule has 1 aromatic carbocycles. The zero-order valence-electron chi connectivity index (χ0n) is 21.9. The number of amides is 2. The molecule has 0 saturated carbocycles. The van der Waals surface area contributed by atoms with Crippen molar-refractivity contribution in [3.8, 4) is 0 Å². The highest BCUT2D eigenvalue weighted by Gasteiger charge is 2.20. The molecule has 38 heavy (non-hydrogen) atoms. The van der Waals surface area contributed by atoms with E-state index in [1.165, 1.54) is 6.42 Å². The highest BCUT2D eigenvalue weighted by molar-refractivity contribution is 5.94. The number of nitrogens with zero attached hydrogens (tertiary/aromatic N) is 6. The largest absolute Gasteiger partial charge is 0.382 e. The van der Waals surface area contributed by atoms with Crippen LogP contribution in [0, 0.1) is 0 Å². The minimum Gasteiger partial charge on any atom is -0.382 e. The first-order valence-electron chi connectivity index (χ1n) is 12.7. The number of rotatable bonds is 5. The summed E-state index contributed by atoms with van der Waals surface area (Å²) in [6, 6.07) is 7.40. The Morgan fingerprint density at radius 2 is 1.74 bits per heavy atom. The molecule has 12 nitrogen and oxygen atoms in total. The summed E-state index contributed by atoms with van der Waals surface area (Å²) in [6.45, 7) is 9.35. The first kappa shape index (κ1) is 26.9. The van der Waals surface area contributed by atoms with Crippen LogP contribution < -0.4 is 21.3 Å². The molecule has 3 aromatic rings. The Morgan fingerprint density at radius 1 is 1.05 bits per heavy atom. The number of morpholine rings is 1. The van der Waals surface area contributed by atoms with Crippen LogP contribution in [0.15, 0.2) is 42.6 Å². The topological polar surface area (TPSA) is 143 Å². The zero-order valence-corrected chi connectivity index (χ0v) is 21.9. The molecule has 202 valence electrons. The maximum atomic E-state index is 12.7. The fourth-order valence-electron chi connectivity index (χ4n) is 4.19. The van der Waals surface area contributed by atoms with Gasteiger partial charge in [-0.15, -0.1) is 5.10 Å². The highest BCUT2D eigenvalue weighted by atomic mass is 16.5. The Kier molecular flexibility index (Phi) is 8.74. The predicted molar refractivity (Wildman–Crippen MR) is 147 cm³/mol. The molecule has 2 aliphatic rings. The summed E-state index contributed by atoms with van der Waals surface area (Å²) in [5, 5.41) is 10.3. The molecule has 5 rings (SSSR count). The second kappa shape index (κ2) is 12.4. The van der Waals surface area contributed by atoms with E-state index < -0.39 is 0 Å². The minimum absolute atomic E-state index is 0.0210. The third-order valence-electron chi connectivity index (χ3n) is 6.32. The number of nitrogens with two attached hydrogens (primary N) is 1. The lowest BCUT2D eigenvalue weighted by atomic mass is 10.1. The number of nitrogens with one attached hydrogen (secondary N) is 2. The molecular formula is C26H35N9O3. The second-order valence-corrected chi connectivity index (χ2v) is 9.19. The van der Waals surface area contributed by atoms with Gasteiger partial charge in [0, 0.05) is 50.1 Å². The van der Waals surface area contributed by atoms with Crippen molar-refractivity contribution < 1.29 is 14.3 Å². The number of likely N-dealkylation sites (N-methyl/N-ethyl adjacent to an activating group) is 1. The molecule has 2 aliphatic heterocycles. The van der Waals surface area contributed by atoms with Gasteiger partial charge in [-0.3, -0.25) is 9.59 Å². The Bertz CT molecular complexity index is 1280. The summed E-state index contributed by atoms with van der Waals surface area (Å²) >= 11 is 0. The normalized spacial score (nSPS) is 15.4. The van der Waals surface area contributed by atoms with Gasteiger partial charge < -0.3 is 30.9 Å². The Hall–Kier alpha value is -4.19. The number of fused-ring (bicyclic) bond motifs is 1. The summed E-state index contributed by atoms with van der Waals surface area (Å²) in [5.41, 5.74) is 8.64. The number of hydrogen-bond donors (Lipinski definition) is 3. The Labute approximate surface area is 221 Å². The molecule has 2 saturated heterocycles. The molecule has 0 spiro atoms. The third kappa shape index (κ3) is 6.38. The monoisotopic (exact) mass is 521 g/mol. The fraction of sp³-hybridized carbons (Fsp3) is 0.423. The van der Waals surface area contributed by atoms with Crippen molar-refractivity contribution in [2.24, 2.45) is 0 Å². The maximum Gasteiger partial charge on any atom is 0.254 e. The molecule has 0 radical (unpaired) electrons. The molecule has 0 bridgehead atoms. The number of aromatic nitrogens is 4. The number of carbonyl (C=O) groups excluding carboxylic acids is 2. The molecule has 4 heterocycles. The summed E-state index contributed by atoms with van der Waals surface area (Å²) in [7, 11) is 1.58. The number of ether oxygens (including phenoxy) is 1. The number of carbonyl (C=O) groups is 2. The molecule has 4 N–H and O–H groups in total. The molecule has 12 heteroatoms. The van der Waals surface area contributed by atoms with Crippen LogP contribution in [0.2, 0.25) is 0 Å². The number of anilines is 4. The van der Waals surface area contributed by atoms with Crippen molar-refractivity contribution in [2.45, 2.75) is 26.2 Å². The maximum absolute atomic E-state index is 12.7. The predicted octanol–water partition coefficient (Wildman–Crippen LogP) is 2.22. The van der Waals surface area contributed by atoms with Gasteiger partial charge >= 0.3 is 0 Å². The van der Waals surface area contributed by atoms with Crippen LogP contribution in [0.5, 0.6) is 0 Å². The molecule has 0 aliphatic carbocycles.